The Bertz CT molecular complexity index is 402. The van der Waals surface area contributed by atoms with Crippen molar-refractivity contribution in [1.82, 2.24) is 0 Å². The van der Waals surface area contributed by atoms with Crippen LogP contribution < -0.4 is 4.74 Å². The lowest BCUT2D eigenvalue weighted by Crippen LogP contribution is -2.35. The van der Waals surface area contributed by atoms with Crippen LogP contribution in [-0.4, -0.2) is 18.3 Å². The van der Waals surface area contributed by atoms with E-state index >= 15 is 0 Å². The molecule has 0 saturated heterocycles. The number of hydrogen-bond acceptors (Lipinski definition) is 2. The summed E-state index contributed by atoms with van der Waals surface area (Å²) in [6, 6.07) is 6.55. The van der Waals surface area contributed by atoms with E-state index in [4.69, 9.17) is 4.74 Å². The predicted octanol–water partition coefficient (Wildman–Crippen LogP) is 2.72. The molecule has 0 atom stereocenters. The first-order valence-corrected chi connectivity index (χ1v) is 6.67. The van der Waals surface area contributed by atoms with Gasteiger partial charge < -0.3 is 9.84 Å². The third kappa shape index (κ3) is 2.06. The fourth-order valence-electron chi connectivity index (χ4n) is 3.02. The summed E-state index contributed by atoms with van der Waals surface area (Å²) in [5.41, 5.74) is 2.90. The summed E-state index contributed by atoms with van der Waals surface area (Å²) in [4.78, 5) is 0. The molecule has 0 spiro atoms. The molecule has 1 aliphatic heterocycles. The second-order valence-corrected chi connectivity index (χ2v) is 5.58. The Balaban J connectivity index is 1.79. The smallest absolute Gasteiger partial charge is 0.122 e. The summed E-state index contributed by atoms with van der Waals surface area (Å²) in [6.07, 6.45) is 6.91. The molecule has 2 heteroatoms. The van der Waals surface area contributed by atoms with Crippen molar-refractivity contribution in [3.8, 4) is 5.75 Å². The van der Waals surface area contributed by atoms with Crippen molar-refractivity contribution >= 4 is 0 Å². The van der Waals surface area contributed by atoms with Crippen molar-refractivity contribution < 1.29 is 9.84 Å². The Morgan fingerprint density at radius 3 is 2.82 bits per heavy atom. The normalized spacial score (nSPS) is 21.2. The minimum absolute atomic E-state index is 0.184. The zero-order valence-electron chi connectivity index (χ0n) is 10.2. The van der Waals surface area contributed by atoms with Crippen LogP contribution in [0.25, 0.3) is 0 Å². The summed E-state index contributed by atoms with van der Waals surface area (Å²) >= 11 is 0. The average Bonchev–Trinajstić information content (AvgIpc) is 2.34. The molecule has 1 aliphatic carbocycles. The van der Waals surface area contributed by atoms with E-state index in [1.165, 1.54) is 30.4 Å². The fraction of sp³-hybridized carbons (Fsp3) is 0.600. The second kappa shape index (κ2) is 4.34. The first kappa shape index (κ1) is 11.1. The van der Waals surface area contributed by atoms with Crippen LogP contribution in [0.15, 0.2) is 18.2 Å². The largest absolute Gasteiger partial charge is 0.493 e. The van der Waals surface area contributed by atoms with Gasteiger partial charge in [-0.1, -0.05) is 18.6 Å². The zero-order chi connectivity index (χ0) is 11.7. The van der Waals surface area contributed by atoms with E-state index < -0.39 is 0 Å². The van der Waals surface area contributed by atoms with Gasteiger partial charge in [0.1, 0.15) is 5.75 Å². The summed E-state index contributed by atoms with van der Waals surface area (Å²) < 4.78 is 5.63. The highest BCUT2D eigenvalue weighted by molar-refractivity contribution is 5.39. The quantitative estimate of drug-likeness (QED) is 0.868. The van der Waals surface area contributed by atoms with Crippen LogP contribution in [0.3, 0.4) is 0 Å². The molecule has 17 heavy (non-hydrogen) atoms. The number of aryl methyl sites for hydroxylation is 1. The van der Waals surface area contributed by atoms with Gasteiger partial charge in [0.25, 0.3) is 0 Å². The van der Waals surface area contributed by atoms with Crippen LogP contribution >= 0.6 is 0 Å². The molecule has 0 amide bonds. The fourth-order valence-corrected chi connectivity index (χ4v) is 3.02. The van der Waals surface area contributed by atoms with Gasteiger partial charge in [0, 0.05) is 6.61 Å². The Hall–Kier alpha value is -1.02. The van der Waals surface area contributed by atoms with E-state index in [1.807, 2.05) is 0 Å². The van der Waals surface area contributed by atoms with E-state index in [0.717, 1.165) is 31.6 Å². The molecule has 1 saturated carbocycles. The van der Waals surface area contributed by atoms with Gasteiger partial charge in [-0.15, -0.1) is 0 Å². The molecule has 1 N–H and O–H groups in total. The van der Waals surface area contributed by atoms with Gasteiger partial charge in [-0.3, -0.25) is 0 Å². The number of rotatable bonds is 3. The van der Waals surface area contributed by atoms with Crippen LogP contribution in [0.1, 0.15) is 36.8 Å². The maximum Gasteiger partial charge on any atom is 0.122 e. The molecular formula is C15H20O2. The van der Waals surface area contributed by atoms with Crippen molar-refractivity contribution in [1.29, 1.82) is 0 Å². The van der Waals surface area contributed by atoms with Crippen molar-refractivity contribution in [2.45, 2.75) is 38.5 Å². The Morgan fingerprint density at radius 2 is 2.12 bits per heavy atom. The minimum Gasteiger partial charge on any atom is -0.493 e. The van der Waals surface area contributed by atoms with E-state index in [-0.39, 0.29) is 5.41 Å². The summed E-state index contributed by atoms with van der Waals surface area (Å²) in [7, 11) is 0. The molecule has 0 unspecified atom stereocenters. The SMILES string of the molecule is OCC1(Cc2ccc3c(c2)CCCO3)CCC1. The lowest BCUT2D eigenvalue weighted by Gasteiger charge is -2.40. The molecule has 1 heterocycles. The number of hydrogen-bond donors (Lipinski definition) is 1. The van der Waals surface area contributed by atoms with Gasteiger partial charge in [-0.05, 0) is 54.7 Å². The van der Waals surface area contributed by atoms with Gasteiger partial charge in [0.2, 0.25) is 0 Å². The number of ether oxygens (including phenoxy) is 1. The number of aliphatic hydroxyl groups excluding tert-OH is 1. The third-order valence-corrected chi connectivity index (χ3v) is 4.30. The first-order chi connectivity index (χ1) is 8.31. The number of benzene rings is 1. The van der Waals surface area contributed by atoms with E-state index in [0.29, 0.717) is 6.61 Å². The molecule has 2 nitrogen and oxygen atoms in total. The van der Waals surface area contributed by atoms with Crippen LogP contribution in [0.5, 0.6) is 5.75 Å². The first-order valence-electron chi connectivity index (χ1n) is 6.67. The summed E-state index contributed by atoms with van der Waals surface area (Å²) in [5.74, 6) is 1.06. The van der Waals surface area contributed by atoms with E-state index in [9.17, 15) is 5.11 Å². The van der Waals surface area contributed by atoms with E-state index in [2.05, 4.69) is 18.2 Å². The van der Waals surface area contributed by atoms with E-state index in [1.54, 1.807) is 0 Å². The summed E-state index contributed by atoms with van der Waals surface area (Å²) in [5, 5.41) is 9.51. The zero-order valence-corrected chi connectivity index (χ0v) is 10.2. The lowest BCUT2D eigenvalue weighted by molar-refractivity contribution is 0.0450. The van der Waals surface area contributed by atoms with Gasteiger partial charge >= 0.3 is 0 Å². The van der Waals surface area contributed by atoms with Crippen molar-refractivity contribution in [2.24, 2.45) is 5.41 Å². The third-order valence-electron chi connectivity index (χ3n) is 4.30. The highest BCUT2D eigenvalue weighted by Crippen LogP contribution is 2.43. The lowest BCUT2D eigenvalue weighted by atomic mass is 9.66. The Kier molecular flexibility index (Phi) is 2.83. The molecule has 0 aromatic heterocycles. The number of aliphatic hydroxyl groups is 1. The molecule has 92 valence electrons. The second-order valence-electron chi connectivity index (χ2n) is 5.58. The van der Waals surface area contributed by atoms with Gasteiger partial charge in [-0.25, -0.2) is 0 Å². The van der Waals surface area contributed by atoms with Crippen molar-refractivity contribution in [3.63, 3.8) is 0 Å². The maximum absolute atomic E-state index is 9.51. The highest BCUT2D eigenvalue weighted by Gasteiger charge is 2.36. The Labute approximate surface area is 103 Å². The topological polar surface area (TPSA) is 29.5 Å². The molecule has 0 bridgehead atoms. The standard InChI is InChI=1S/C15H20O2/c16-11-15(6-2-7-15)10-12-4-5-14-13(9-12)3-1-8-17-14/h4-5,9,16H,1-3,6-8,10-11H2. The molecular weight excluding hydrogens is 212 g/mol. The van der Waals surface area contributed by atoms with Gasteiger partial charge in [0.05, 0.1) is 6.61 Å². The van der Waals surface area contributed by atoms with Crippen LogP contribution in [0, 0.1) is 5.41 Å². The molecule has 1 aromatic rings. The van der Waals surface area contributed by atoms with Crippen LogP contribution in [0.4, 0.5) is 0 Å². The monoisotopic (exact) mass is 232 g/mol. The number of fused-ring (bicyclic) bond motifs is 1. The highest BCUT2D eigenvalue weighted by atomic mass is 16.5. The predicted molar refractivity (Wildman–Crippen MR) is 67.3 cm³/mol. The summed E-state index contributed by atoms with van der Waals surface area (Å²) in [6.45, 7) is 1.19. The van der Waals surface area contributed by atoms with Crippen LogP contribution in [-0.2, 0) is 12.8 Å². The molecule has 0 radical (unpaired) electrons. The van der Waals surface area contributed by atoms with Crippen molar-refractivity contribution in [3.05, 3.63) is 29.3 Å². The molecule has 3 rings (SSSR count). The van der Waals surface area contributed by atoms with Gasteiger partial charge in [0.15, 0.2) is 0 Å². The molecule has 2 aliphatic rings. The van der Waals surface area contributed by atoms with Crippen molar-refractivity contribution in [2.75, 3.05) is 13.2 Å². The minimum atomic E-state index is 0.184. The van der Waals surface area contributed by atoms with Gasteiger partial charge in [-0.2, -0.15) is 0 Å². The van der Waals surface area contributed by atoms with Crippen LogP contribution in [0.2, 0.25) is 0 Å². The molecule has 1 fully saturated rings. The molecule has 1 aromatic carbocycles. The Morgan fingerprint density at radius 1 is 1.24 bits per heavy atom. The average molecular weight is 232 g/mol. The maximum atomic E-state index is 9.51.